The van der Waals surface area contributed by atoms with Crippen LogP contribution in [-0.2, 0) is 12.7 Å². The molecule has 2 aromatic rings. The molecular formula is C16H19F3N4O. The van der Waals surface area contributed by atoms with Gasteiger partial charge in [0.25, 0.3) is 0 Å². The molecule has 1 aliphatic rings. The minimum absolute atomic E-state index is 0.179. The van der Waals surface area contributed by atoms with Crippen molar-refractivity contribution in [2.24, 2.45) is 0 Å². The highest BCUT2D eigenvalue weighted by atomic mass is 19.4. The molecule has 0 saturated carbocycles. The molecule has 8 heteroatoms. The standard InChI is InChI=1S/C16H19F3N4O/c1-2-13-9-23(7-6-20-13)10-14-21-15(22-24-14)11-4-3-5-12(8-11)16(17,18)19/h3-5,8,13,20H,2,6-7,9-10H2,1H3. The lowest BCUT2D eigenvalue weighted by molar-refractivity contribution is -0.137. The van der Waals surface area contributed by atoms with Crippen molar-refractivity contribution >= 4 is 0 Å². The number of aromatic nitrogens is 2. The first-order chi connectivity index (χ1) is 11.5. The van der Waals surface area contributed by atoms with Gasteiger partial charge in [-0.05, 0) is 18.6 Å². The molecule has 0 aliphatic carbocycles. The summed E-state index contributed by atoms with van der Waals surface area (Å²) in [6.45, 7) is 5.28. The molecule has 1 aromatic heterocycles. The summed E-state index contributed by atoms with van der Waals surface area (Å²) in [5.41, 5.74) is -0.425. The Kier molecular flexibility index (Phi) is 4.86. The normalized spacial score (nSPS) is 19.6. The molecule has 1 unspecified atom stereocenters. The Morgan fingerprint density at radius 1 is 1.38 bits per heavy atom. The summed E-state index contributed by atoms with van der Waals surface area (Å²) in [5, 5.41) is 7.24. The van der Waals surface area contributed by atoms with Crippen LogP contribution in [0, 0.1) is 0 Å². The highest BCUT2D eigenvalue weighted by Gasteiger charge is 2.30. The van der Waals surface area contributed by atoms with Gasteiger partial charge in [0.15, 0.2) is 0 Å². The van der Waals surface area contributed by atoms with Crippen LogP contribution in [0.2, 0.25) is 0 Å². The first-order valence-corrected chi connectivity index (χ1v) is 7.91. The summed E-state index contributed by atoms with van der Waals surface area (Å²) in [7, 11) is 0. The van der Waals surface area contributed by atoms with E-state index in [0.29, 0.717) is 24.0 Å². The van der Waals surface area contributed by atoms with Crippen molar-refractivity contribution in [1.82, 2.24) is 20.4 Å². The number of alkyl halides is 3. The topological polar surface area (TPSA) is 54.2 Å². The molecule has 5 nitrogen and oxygen atoms in total. The Morgan fingerprint density at radius 2 is 2.21 bits per heavy atom. The van der Waals surface area contributed by atoms with E-state index in [2.05, 4.69) is 27.3 Å². The average molecular weight is 340 g/mol. The lowest BCUT2D eigenvalue weighted by Crippen LogP contribution is -2.49. The predicted octanol–water partition coefficient (Wildman–Crippen LogP) is 2.94. The fraction of sp³-hybridized carbons (Fsp3) is 0.500. The van der Waals surface area contributed by atoms with Crippen molar-refractivity contribution < 1.29 is 17.7 Å². The van der Waals surface area contributed by atoms with Gasteiger partial charge in [0.1, 0.15) is 0 Å². The van der Waals surface area contributed by atoms with Crippen LogP contribution in [0.4, 0.5) is 13.2 Å². The second-order valence-corrected chi connectivity index (χ2v) is 5.88. The van der Waals surface area contributed by atoms with Gasteiger partial charge in [-0.3, -0.25) is 4.90 Å². The molecule has 1 saturated heterocycles. The highest BCUT2D eigenvalue weighted by molar-refractivity contribution is 5.55. The van der Waals surface area contributed by atoms with Crippen molar-refractivity contribution in [3.63, 3.8) is 0 Å². The summed E-state index contributed by atoms with van der Waals surface area (Å²) in [6, 6.07) is 5.38. The summed E-state index contributed by atoms with van der Waals surface area (Å²) in [6.07, 6.45) is -3.35. The number of halogens is 3. The monoisotopic (exact) mass is 340 g/mol. The van der Waals surface area contributed by atoms with Gasteiger partial charge in [-0.2, -0.15) is 18.2 Å². The molecule has 0 radical (unpaired) electrons. The number of nitrogens with zero attached hydrogens (tertiary/aromatic N) is 3. The maximum Gasteiger partial charge on any atom is 0.416 e. The molecule has 3 rings (SSSR count). The van der Waals surface area contributed by atoms with E-state index in [1.165, 1.54) is 6.07 Å². The number of rotatable bonds is 4. The van der Waals surface area contributed by atoms with Crippen LogP contribution in [0.5, 0.6) is 0 Å². The van der Waals surface area contributed by atoms with Gasteiger partial charge >= 0.3 is 6.18 Å². The summed E-state index contributed by atoms with van der Waals surface area (Å²) in [4.78, 5) is 6.44. The van der Waals surface area contributed by atoms with E-state index in [1.54, 1.807) is 6.07 Å². The van der Waals surface area contributed by atoms with E-state index in [9.17, 15) is 13.2 Å². The van der Waals surface area contributed by atoms with E-state index in [-0.39, 0.29) is 5.82 Å². The molecule has 1 N–H and O–H groups in total. The Morgan fingerprint density at radius 3 is 2.96 bits per heavy atom. The van der Waals surface area contributed by atoms with Gasteiger partial charge in [0.05, 0.1) is 12.1 Å². The first kappa shape index (κ1) is 16.9. The van der Waals surface area contributed by atoms with Crippen molar-refractivity contribution in [3.8, 4) is 11.4 Å². The van der Waals surface area contributed by atoms with Crippen molar-refractivity contribution in [2.45, 2.75) is 32.1 Å². The third-order valence-electron chi connectivity index (χ3n) is 4.11. The van der Waals surface area contributed by atoms with Crippen LogP contribution in [0.3, 0.4) is 0 Å². The molecule has 0 spiro atoms. The highest BCUT2D eigenvalue weighted by Crippen LogP contribution is 2.31. The summed E-state index contributed by atoms with van der Waals surface area (Å²) < 4.78 is 43.6. The third kappa shape index (κ3) is 3.93. The van der Waals surface area contributed by atoms with Crippen LogP contribution in [0.15, 0.2) is 28.8 Å². The van der Waals surface area contributed by atoms with E-state index < -0.39 is 11.7 Å². The molecule has 1 fully saturated rings. The largest absolute Gasteiger partial charge is 0.416 e. The van der Waals surface area contributed by atoms with E-state index in [0.717, 1.165) is 38.2 Å². The zero-order valence-corrected chi connectivity index (χ0v) is 13.3. The van der Waals surface area contributed by atoms with Gasteiger partial charge in [-0.15, -0.1) is 0 Å². The fourth-order valence-corrected chi connectivity index (χ4v) is 2.77. The molecule has 1 atom stereocenters. The van der Waals surface area contributed by atoms with E-state index in [4.69, 9.17) is 4.52 Å². The predicted molar refractivity (Wildman–Crippen MR) is 82.1 cm³/mol. The Hall–Kier alpha value is -1.93. The van der Waals surface area contributed by atoms with E-state index >= 15 is 0 Å². The molecule has 130 valence electrons. The zero-order valence-electron chi connectivity index (χ0n) is 13.3. The number of piperazine rings is 1. The molecule has 2 heterocycles. The van der Waals surface area contributed by atoms with Gasteiger partial charge in [0, 0.05) is 31.2 Å². The smallest absolute Gasteiger partial charge is 0.338 e. The summed E-state index contributed by atoms with van der Waals surface area (Å²) >= 11 is 0. The lowest BCUT2D eigenvalue weighted by Gasteiger charge is -2.32. The molecular weight excluding hydrogens is 321 g/mol. The zero-order chi connectivity index (χ0) is 17.2. The van der Waals surface area contributed by atoms with Gasteiger partial charge in [-0.25, -0.2) is 0 Å². The first-order valence-electron chi connectivity index (χ1n) is 7.91. The van der Waals surface area contributed by atoms with Gasteiger partial charge < -0.3 is 9.84 Å². The quantitative estimate of drug-likeness (QED) is 0.927. The van der Waals surface area contributed by atoms with Crippen LogP contribution >= 0.6 is 0 Å². The second kappa shape index (κ2) is 6.90. The van der Waals surface area contributed by atoms with Crippen molar-refractivity contribution in [2.75, 3.05) is 19.6 Å². The van der Waals surface area contributed by atoms with Crippen LogP contribution < -0.4 is 5.32 Å². The number of hydrogen-bond acceptors (Lipinski definition) is 5. The average Bonchev–Trinajstić information content (AvgIpc) is 3.03. The Bertz CT molecular complexity index is 686. The van der Waals surface area contributed by atoms with Gasteiger partial charge in [0.2, 0.25) is 11.7 Å². The number of hydrogen-bond donors (Lipinski definition) is 1. The Balaban J connectivity index is 1.72. The molecule has 0 amide bonds. The van der Waals surface area contributed by atoms with Crippen molar-refractivity contribution in [3.05, 3.63) is 35.7 Å². The minimum atomic E-state index is -4.39. The lowest BCUT2D eigenvalue weighted by atomic mass is 10.1. The molecule has 1 aliphatic heterocycles. The fourth-order valence-electron chi connectivity index (χ4n) is 2.77. The molecule has 1 aromatic carbocycles. The number of nitrogens with one attached hydrogen (secondary N) is 1. The van der Waals surface area contributed by atoms with Crippen LogP contribution in [-0.4, -0.2) is 40.7 Å². The molecule has 24 heavy (non-hydrogen) atoms. The Labute approximate surface area is 137 Å². The number of benzene rings is 1. The molecule has 0 bridgehead atoms. The summed E-state index contributed by atoms with van der Waals surface area (Å²) in [5.74, 6) is 0.595. The van der Waals surface area contributed by atoms with Gasteiger partial charge in [-0.1, -0.05) is 24.2 Å². The third-order valence-corrected chi connectivity index (χ3v) is 4.11. The van der Waals surface area contributed by atoms with Crippen LogP contribution in [0.1, 0.15) is 24.8 Å². The maximum absolute atomic E-state index is 12.8. The minimum Gasteiger partial charge on any atom is -0.338 e. The maximum atomic E-state index is 12.8. The SMILES string of the molecule is CCC1CN(Cc2nc(-c3cccc(C(F)(F)F)c3)no2)CCN1. The van der Waals surface area contributed by atoms with E-state index in [1.807, 2.05) is 0 Å². The second-order valence-electron chi connectivity index (χ2n) is 5.88. The van der Waals surface area contributed by atoms with Crippen LogP contribution in [0.25, 0.3) is 11.4 Å². The van der Waals surface area contributed by atoms with Crippen molar-refractivity contribution in [1.29, 1.82) is 0 Å².